The van der Waals surface area contributed by atoms with Gasteiger partial charge < -0.3 is 0 Å². The van der Waals surface area contributed by atoms with Gasteiger partial charge in [-0.1, -0.05) is 26.8 Å². The van der Waals surface area contributed by atoms with E-state index in [4.69, 9.17) is 0 Å². The molecule has 1 aliphatic heterocycles. The van der Waals surface area contributed by atoms with Gasteiger partial charge in [0, 0.05) is 5.25 Å². The van der Waals surface area contributed by atoms with Gasteiger partial charge >= 0.3 is 0 Å². The van der Waals surface area contributed by atoms with Crippen LogP contribution in [0.5, 0.6) is 0 Å². The van der Waals surface area contributed by atoms with Crippen LogP contribution in [0.15, 0.2) is 11.0 Å². The van der Waals surface area contributed by atoms with Crippen LogP contribution < -0.4 is 0 Å². The normalized spacial score (nSPS) is 33.1. The van der Waals surface area contributed by atoms with Gasteiger partial charge in [-0.05, 0) is 23.7 Å². The molecule has 1 aliphatic rings. The first-order valence-electron chi connectivity index (χ1n) is 3.96. The Labute approximate surface area is 68.1 Å². The zero-order valence-electron chi connectivity index (χ0n) is 7.22. The molecule has 2 unspecified atom stereocenters. The van der Waals surface area contributed by atoms with E-state index in [1.54, 1.807) is 0 Å². The summed E-state index contributed by atoms with van der Waals surface area (Å²) in [4.78, 5) is 1.51. The number of rotatable bonds is 1. The highest BCUT2D eigenvalue weighted by Crippen LogP contribution is 2.39. The molecule has 58 valence electrons. The number of thioether (sulfide) groups is 1. The molecule has 0 aromatic rings. The lowest BCUT2D eigenvalue weighted by molar-refractivity contribution is 0.529. The minimum Gasteiger partial charge on any atom is -0.127 e. The molecule has 0 aromatic heterocycles. The lowest BCUT2D eigenvalue weighted by Gasteiger charge is -2.18. The highest BCUT2D eigenvalue weighted by Gasteiger charge is 2.25. The largest absolute Gasteiger partial charge is 0.127 e. The summed E-state index contributed by atoms with van der Waals surface area (Å²) in [6.45, 7) is 9.14. The van der Waals surface area contributed by atoms with E-state index in [1.165, 1.54) is 4.91 Å². The Morgan fingerprint density at radius 3 is 2.30 bits per heavy atom. The zero-order chi connectivity index (χ0) is 7.72. The first kappa shape index (κ1) is 8.19. The van der Waals surface area contributed by atoms with Gasteiger partial charge in [-0.15, -0.1) is 11.8 Å². The van der Waals surface area contributed by atoms with E-state index in [0.717, 1.165) is 17.1 Å². The first-order valence-corrected chi connectivity index (χ1v) is 4.84. The van der Waals surface area contributed by atoms with E-state index in [0.29, 0.717) is 0 Å². The Bertz CT molecular complexity index is 147. The van der Waals surface area contributed by atoms with Gasteiger partial charge in [0.1, 0.15) is 0 Å². The summed E-state index contributed by atoms with van der Waals surface area (Å²) in [6, 6.07) is 0. The van der Waals surface area contributed by atoms with Gasteiger partial charge in [0.05, 0.1) is 0 Å². The van der Waals surface area contributed by atoms with E-state index in [9.17, 15) is 0 Å². The van der Waals surface area contributed by atoms with Gasteiger partial charge in [0.2, 0.25) is 0 Å². The van der Waals surface area contributed by atoms with Crippen LogP contribution in [-0.2, 0) is 0 Å². The first-order chi connectivity index (χ1) is 4.61. The minimum absolute atomic E-state index is 0.782. The van der Waals surface area contributed by atoms with Crippen LogP contribution in [-0.4, -0.2) is 5.25 Å². The van der Waals surface area contributed by atoms with Crippen molar-refractivity contribution in [1.29, 1.82) is 0 Å². The minimum atomic E-state index is 0.782. The second-order valence-electron chi connectivity index (χ2n) is 3.46. The molecule has 0 bridgehead atoms. The van der Waals surface area contributed by atoms with Crippen molar-refractivity contribution < 1.29 is 0 Å². The predicted octanol–water partition coefficient (Wildman–Crippen LogP) is 3.30. The lowest BCUT2D eigenvalue weighted by atomic mass is 9.98. The summed E-state index contributed by atoms with van der Waals surface area (Å²) in [5.41, 5.74) is 0. The number of hydrogen-bond donors (Lipinski definition) is 0. The van der Waals surface area contributed by atoms with Gasteiger partial charge in [-0.25, -0.2) is 0 Å². The van der Waals surface area contributed by atoms with E-state index < -0.39 is 0 Å². The average molecular weight is 156 g/mol. The van der Waals surface area contributed by atoms with Crippen molar-refractivity contribution in [3.63, 3.8) is 0 Å². The Kier molecular flexibility index (Phi) is 2.45. The second kappa shape index (κ2) is 3.00. The third kappa shape index (κ3) is 1.57. The second-order valence-corrected chi connectivity index (χ2v) is 4.89. The van der Waals surface area contributed by atoms with E-state index in [2.05, 4.69) is 33.8 Å². The zero-order valence-corrected chi connectivity index (χ0v) is 8.03. The number of hydrogen-bond acceptors (Lipinski definition) is 1. The molecule has 0 N–H and O–H groups in total. The Morgan fingerprint density at radius 2 is 2.10 bits per heavy atom. The van der Waals surface area contributed by atoms with Crippen molar-refractivity contribution in [1.82, 2.24) is 0 Å². The fourth-order valence-corrected chi connectivity index (χ4v) is 2.86. The Balaban J connectivity index is 2.55. The molecule has 0 saturated carbocycles. The molecule has 0 nitrogen and oxygen atoms in total. The van der Waals surface area contributed by atoms with Crippen LogP contribution in [0.25, 0.3) is 0 Å². The fraction of sp³-hybridized carbons (Fsp3) is 0.778. The quantitative estimate of drug-likeness (QED) is 0.561. The molecule has 0 amide bonds. The van der Waals surface area contributed by atoms with E-state index >= 15 is 0 Å². The molecule has 0 aromatic carbocycles. The molecule has 1 rings (SSSR count). The van der Waals surface area contributed by atoms with Gasteiger partial charge in [-0.3, -0.25) is 0 Å². The Hall–Kier alpha value is 0.0900. The van der Waals surface area contributed by atoms with Crippen molar-refractivity contribution in [2.75, 3.05) is 0 Å². The smallest absolute Gasteiger partial charge is 0.0174 e. The SMILES string of the molecule is CC1=CC(C)C(C(C)C)S1. The third-order valence-corrected chi connectivity index (χ3v) is 3.75. The van der Waals surface area contributed by atoms with Gasteiger partial charge in [-0.2, -0.15) is 0 Å². The highest BCUT2D eigenvalue weighted by atomic mass is 32.2. The van der Waals surface area contributed by atoms with Crippen LogP contribution in [0, 0.1) is 11.8 Å². The highest BCUT2D eigenvalue weighted by molar-refractivity contribution is 8.03. The monoisotopic (exact) mass is 156 g/mol. The van der Waals surface area contributed by atoms with Crippen molar-refractivity contribution in [3.05, 3.63) is 11.0 Å². The van der Waals surface area contributed by atoms with Crippen LogP contribution in [0.4, 0.5) is 0 Å². The van der Waals surface area contributed by atoms with Crippen molar-refractivity contribution in [2.24, 2.45) is 11.8 Å². The van der Waals surface area contributed by atoms with Crippen molar-refractivity contribution in [2.45, 2.75) is 32.9 Å². The maximum absolute atomic E-state index is 2.38. The lowest BCUT2D eigenvalue weighted by Crippen LogP contribution is -2.14. The molecular formula is C9H16S. The molecule has 1 heteroatoms. The summed E-state index contributed by atoms with van der Waals surface area (Å²) >= 11 is 2.04. The number of allylic oxidation sites excluding steroid dienone is 2. The standard InChI is InChI=1S/C9H16S/c1-6(2)9-7(3)5-8(4)10-9/h5-7,9H,1-4H3. The molecule has 0 fully saturated rings. The molecule has 10 heavy (non-hydrogen) atoms. The van der Waals surface area contributed by atoms with Crippen LogP contribution in [0.2, 0.25) is 0 Å². The van der Waals surface area contributed by atoms with Crippen molar-refractivity contribution in [3.8, 4) is 0 Å². The summed E-state index contributed by atoms with van der Waals surface area (Å²) in [6.07, 6.45) is 2.38. The maximum atomic E-state index is 2.38. The van der Waals surface area contributed by atoms with Gasteiger partial charge in [0.25, 0.3) is 0 Å². The summed E-state index contributed by atoms with van der Waals surface area (Å²) in [5.74, 6) is 1.60. The summed E-state index contributed by atoms with van der Waals surface area (Å²) in [7, 11) is 0. The Morgan fingerprint density at radius 1 is 1.50 bits per heavy atom. The van der Waals surface area contributed by atoms with Crippen molar-refractivity contribution >= 4 is 11.8 Å². The third-order valence-electron chi connectivity index (χ3n) is 1.99. The molecule has 0 aliphatic carbocycles. The topological polar surface area (TPSA) is 0 Å². The van der Waals surface area contributed by atoms with E-state index in [1.807, 2.05) is 11.8 Å². The fourth-order valence-electron chi connectivity index (χ4n) is 1.57. The molecular weight excluding hydrogens is 140 g/mol. The maximum Gasteiger partial charge on any atom is 0.0174 e. The molecule has 2 atom stereocenters. The average Bonchev–Trinajstić information content (AvgIpc) is 2.10. The molecule has 0 radical (unpaired) electrons. The van der Waals surface area contributed by atoms with Crippen LogP contribution >= 0.6 is 11.8 Å². The summed E-state index contributed by atoms with van der Waals surface area (Å²) < 4.78 is 0. The molecule has 0 spiro atoms. The van der Waals surface area contributed by atoms with Gasteiger partial charge in [0.15, 0.2) is 0 Å². The van der Waals surface area contributed by atoms with E-state index in [-0.39, 0.29) is 0 Å². The molecule has 0 saturated heterocycles. The predicted molar refractivity (Wildman–Crippen MR) is 49.1 cm³/mol. The summed E-state index contributed by atoms with van der Waals surface area (Å²) in [5, 5.41) is 0.833. The van der Waals surface area contributed by atoms with Crippen LogP contribution in [0.3, 0.4) is 0 Å². The molecule has 1 heterocycles. The van der Waals surface area contributed by atoms with Crippen LogP contribution in [0.1, 0.15) is 27.7 Å².